The maximum atomic E-state index is 5.69. The van der Waals surface area contributed by atoms with Crippen LogP contribution in [0.15, 0.2) is 4.99 Å². The van der Waals surface area contributed by atoms with E-state index in [9.17, 15) is 0 Å². The van der Waals surface area contributed by atoms with Gasteiger partial charge in [0.25, 0.3) is 0 Å². The van der Waals surface area contributed by atoms with Crippen LogP contribution in [-0.4, -0.2) is 77.2 Å². The maximum absolute atomic E-state index is 5.69. The highest BCUT2D eigenvalue weighted by Gasteiger charge is 2.21. The number of nitrogens with zero attached hydrogens (tertiary/aromatic N) is 2. The SMILES string of the molecule is CCCCOCCOCCN=C(NCC)N(C)CCOCC1CC1.I. The Kier molecular flexibility index (Phi) is 17.2. The summed E-state index contributed by atoms with van der Waals surface area (Å²) in [7, 11) is 2.05. The Bertz CT molecular complexity index is 329. The van der Waals surface area contributed by atoms with Gasteiger partial charge in [0.2, 0.25) is 0 Å². The fourth-order valence-electron chi connectivity index (χ4n) is 2.10. The van der Waals surface area contributed by atoms with Crippen LogP contribution < -0.4 is 5.32 Å². The summed E-state index contributed by atoms with van der Waals surface area (Å²) in [6.45, 7) is 11.0. The molecule has 0 aromatic carbocycles. The molecule has 0 amide bonds. The van der Waals surface area contributed by atoms with Crippen LogP contribution in [0.1, 0.15) is 39.5 Å². The Balaban J connectivity index is 0.00000576. The highest BCUT2D eigenvalue weighted by molar-refractivity contribution is 14.0. The summed E-state index contributed by atoms with van der Waals surface area (Å²) in [6.07, 6.45) is 4.96. The summed E-state index contributed by atoms with van der Waals surface area (Å²) >= 11 is 0. The minimum atomic E-state index is 0. The van der Waals surface area contributed by atoms with Gasteiger partial charge in [-0.3, -0.25) is 4.99 Å². The molecule has 6 nitrogen and oxygen atoms in total. The van der Waals surface area contributed by atoms with Crippen molar-refractivity contribution in [1.82, 2.24) is 10.2 Å². The molecule has 1 saturated carbocycles. The van der Waals surface area contributed by atoms with Gasteiger partial charge in [-0.1, -0.05) is 13.3 Å². The van der Waals surface area contributed by atoms with Crippen LogP contribution >= 0.6 is 24.0 Å². The first-order valence-electron chi connectivity index (χ1n) is 9.50. The number of guanidine groups is 1. The Morgan fingerprint density at radius 2 is 1.76 bits per heavy atom. The van der Waals surface area contributed by atoms with Crippen LogP contribution in [0.5, 0.6) is 0 Å². The molecule has 0 aliphatic heterocycles. The molecule has 1 aliphatic carbocycles. The number of rotatable bonds is 15. The van der Waals surface area contributed by atoms with Crippen molar-refractivity contribution in [2.24, 2.45) is 10.9 Å². The van der Waals surface area contributed by atoms with E-state index in [1.807, 2.05) is 7.05 Å². The standard InChI is InChI=1S/C18H37N3O3.HI/c1-4-6-11-22-14-15-23-12-9-20-18(19-5-2)21(3)10-13-24-16-17-7-8-17;/h17H,4-16H2,1-3H3,(H,19,20);1H. The summed E-state index contributed by atoms with van der Waals surface area (Å²) < 4.78 is 16.7. The molecule has 1 N–H and O–H groups in total. The molecule has 0 aromatic rings. The number of halogens is 1. The van der Waals surface area contributed by atoms with Crippen LogP contribution in [0.2, 0.25) is 0 Å². The van der Waals surface area contributed by atoms with Gasteiger partial charge in [-0.2, -0.15) is 0 Å². The first kappa shape index (κ1) is 24.9. The van der Waals surface area contributed by atoms with E-state index in [4.69, 9.17) is 14.2 Å². The highest BCUT2D eigenvalue weighted by Crippen LogP contribution is 2.28. The number of ether oxygens (including phenoxy) is 3. The highest BCUT2D eigenvalue weighted by atomic mass is 127. The van der Waals surface area contributed by atoms with Gasteiger partial charge in [0.15, 0.2) is 5.96 Å². The third-order valence-corrected chi connectivity index (χ3v) is 3.83. The van der Waals surface area contributed by atoms with Crippen LogP contribution in [0, 0.1) is 5.92 Å². The molecule has 0 spiro atoms. The lowest BCUT2D eigenvalue weighted by Gasteiger charge is -2.22. The topological polar surface area (TPSA) is 55.3 Å². The molecule has 0 bridgehead atoms. The number of hydrogen-bond donors (Lipinski definition) is 1. The van der Waals surface area contributed by atoms with E-state index in [1.54, 1.807) is 0 Å². The Hall–Kier alpha value is -0.120. The monoisotopic (exact) mass is 471 g/mol. The molecular formula is C18H38IN3O3. The van der Waals surface area contributed by atoms with Gasteiger partial charge in [-0.25, -0.2) is 0 Å². The fraction of sp³-hybridized carbons (Fsp3) is 0.944. The summed E-state index contributed by atoms with van der Waals surface area (Å²) in [5, 5.41) is 3.31. The van der Waals surface area contributed by atoms with E-state index >= 15 is 0 Å². The van der Waals surface area contributed by atoms with Crippen molar-refractivity contribution in [2.45, 2.75) is 39.5 Å². The second kappa shape index (κ2) is 17.3. The lowest BCUT2D eigenvalue weighted by Crippen LogP contribution is -2.40. The zero-order chi connectivity index (χ0) is 17.5. The van der Waals surface area contributed by atoms with Crippen LogP contribution in [-0.2, 0) is 14.2 Å². The normalized spacial score (nSPS) is 14.3. The molecule has 0 radical (unpaired) electrons. The number of hydrogen-bond acceptors (Lipinski definition) is 4. The van der Waals surface area contributed by atoms with Gasteiger partial charge < -0.3 is 24.4 Å². The second-order valence-corrected chi connectivity index (χ2v) is 6.25. The van der Waals surface area contributed by atoms with Gasteiger partial charge in [0, 0.05) is 33.4 Å². The van der Waals surface area contributed by atoms with Gasteiger partial charge in [-0.15, -0.1) is 24.0 Å². The Morgan fingerprint density at radius 1 is 1.04 bits per heavy atom. The van der Waals surface area contributed by atoms with Crippen molar-refractivity contribution < 1.29 is 14.2 Å². The molecule has 150 valence electrons. The summed E-state index contributed by atoms with van der Waals surface area (Å²) in [4.78, 5) is 6.71. The van der Waals surface area contributed by atoms with Crippen molar-refractivity contribution in [3.63, 3.8) is 0 Å². The number of aliphatic imine (C=N–C) groups is 1. The first-order chi connectivity index (χ1) is 11.8. The zero-order valence-electron chi connectivity index (χ0n) is 16.3. The van der Waals surface area contributed by atoms with E-state index in [1.165, 1.54) is 19.3 Å². The van der Waals surface area contributed by atoms with Gasteiger partial charge in [0.1, 0.15) is 0 Å². The van der Waals surface area contributed by atoms with E-state index in [-0.39, 0.29) is 24.0 Å². The molecule has 0 atom stereocenters. The smallest absolute Gasteiger partial charge is 0.193 e. The lowest BCUT2D eigenvalue weighted by molar-refractivity contribution is 0.0497. The molecule has 7 heteroatoms. The molecule has 1 rings (SSSR count). The number of likely N-dealkylation sites (N-methyl/N-ethyl adjacent to an activating group) is 1. The van der Waals surface area contributed by atoms with E-state index in [2.05, 4.69) is 29.1 Å². The van der Waals surface area contributed by atoms with Gasteiger partial charge in [0.05, 0.1) is 33.0 Å². The average molecular weight is 471 g/mol. The second-order valence-electron chi connectivity index (χ2n) is 6.25. The molecule has 1 aliphatic rings. The molecule has 0 saturated heterocycles. The van der Waals surface area contributed by atoms with Crippen molar-refractivity contribution in [3.05, 3.63) is 0 Å². The molecular weight excluding hydrogens is 433 g/mol. The number of unbranched alkanes of at least 4 members (excludes halogenated alkanes) is 1. The lowest BCUT2D eigenvalue weighted by atomic mass is 10.4. The quantitative estimate of drug-likeness (QED) is 0.172. The minimum absolute atomic E-state index is 0. The maximum Gasteiger partial charge on any atom is 0.193 e. The Morgan fingerprint density at radius 3 is 2.40 bits per heavy atom. The van der Waals surface area contributed by atoms with E-state index in [0.717, 1.165) is 51.2 Å². The summed E-state index contributed by atoms with van der Waals surface area (Å²) in [5.74, 6) is 1.73. The van der Waals surface area contributed by atoms with Crippen molar-refractivity contribution in [3.8, 4) is 0 Å². The predicted molar refractivity (Wildman–Crippen MR) is 114 cm³/mol. The molecule has 0 unspecified atom stereocenters. The average Bonchev–Trinajstić information content (AvgIpc) is 3.40. The molecule has 0 heterocycles. The van der Waals surface area contributed by atoms with Gasteiger partial charge >= 0.3 is 0 Å². The van der Waals surface area contributed by atoms with Crippen LogP contribution in [0.4, 0.5) is 0 Å². The summed E-state index contributed by atoms with van der Waals surface area (Å²) in [5.41, 5.74) is 0. The molecule has 25 heavy (non-hydrogen) atoms. The van der Waals surface area contributed by atoms with Crippen LogP contribution in [0.3, 0.4) is 0 Å². The minimum Gasteiger partial charge on any atom is -0.379 e. The van der Waals surface area contributed by atoms with Crippen molar-refractivity contribution in [2.75, 3.05) is 66.3 Å². The summed E-state index contributed by atoms with van der Waals surface area (Å²) in [6, 6.07) is 0. The fourth-order valence-corrected chi connectivity index (χ4v) is 2.10. The van der Waals surface area contributed by atoms with Crippen LogP contribution in [0.25, 0.3) is 0 Å². The third kappa shape index (κ3) is 14.7. The first-order valence-corrected chi connectivity index (χ1v) is 9.50. The van der Waals surface area contributed by atoms with E-state index < -0.39 is 0 Å². The van der Waals surface area contributed by atoms with Gasteiger partial charge in [-0.05, 0) is 32.1 Å². The Labute approximate surface area is 171 Å². The zero-order valence-corrected chi connectivity index (χ0v) is 18.6. The predicted octanol–water partition coefficient (Wildman–Crippen LogP) is 2.76. The molecule has 1 fully saturated rings. The number of nitrogens with one attached hydrogen (secondary N) is 1. The van der Waals surface area contributed by atoms with Crippen molar-refractivity contribution in [1.29, 1.82) is 0 Å². The van der Waals surface area contributed by atoms with E-state index in [0.29, 0.717) is 26.4 Å². The largest absolute Gasteiger partial charge is 0.379 e. The van der Waals surface area contributed by atoms with Crippen molar-refractivity contribution >= 4 is 29.9 Å². The third-order valence-electron chi connectivity index (χ3n) is 3.83. The molecule has 0 aromatic heterocycles.